The maximum Gasteiger partial charge on any atom is 0.475 e. The van der Waals surface area contributed by atoms with Gasteiger partial charge in [-0.3, -0.25) is 4.74 Å². The maximum atomic E-state index is 13.0. The minimum absolute atomic E-state index is 0.0974. The molecule has 0 amide bonds. The van der Waals surface area contributed by atoms with Crippen LogP contribution in [-0.2, 0) is 19.2 Å². The molecule has 1 aliphatic heterocycles. The molecule has 0 aromatic carbocycles. The number of halogens is 6. The number of ether oxygens (including phenoxy) is 2. The van der Waals surface area contributed by atoms with E-state index in [0.717, 1.165) is 12.8 Å². The fourth-order valence-corrected chi connectivity index (χ4v) is 2.28. The summed E-state index contributed by atoms with van der Waals surface area (Å²) in [5.41, 5.74) is 0. The second-order valence-corrected chi connectivity index (χ2v) is 5.05. The summed E-state index contributed by atoms with van der Waals surface area (Å²) >= 11 is 0. The van der Waals surface area contributed by atoms with Gasteiger partial charge in [0.05, 0.1) is 0 Å². The van der Waals surface area contributed by atoms with E-state index in [-0.39, 0.29) is 12.8 Å². The van der Waals surface area contributed by atoms with E-state index in [4.69, 9.17) is 4.74 Å². The summed E-state index contributed by atoms with van der Waals surface area (Å²) < 4.78 is 84.0. The zero-order chi connectivity index (χ0) is 15.8. The molecule has 2 aliphatic rings. The largest absolute Gasteiger partial charge is 0.475 e. The molecule has 0 aromatic heterocycles. The average Bonchev–Trinajstić information content (AvgIpc) is 2.55. The third-order valence-corrected chi connectivity index (χ3v) is 3.26. The summed E-state index contributed by atoms with van der Waals surface area (Å²) in [6, 6.07) is 0. The quantitative estimate of drug-likeness (QED) is 0.572. The Bertz CT molecular complexity index is 361. The lowest BCUT2D eigenvalue weighted by Crippen LogP contribution is -2.52. The predicted octanol–water partition coefficient (Wildman–Crippen LogP) is 3.81. The van der Waals surface area contributed by atoms with Gasteiger partial charge in [-0.25, -0.2) is 0 Å². The van der Waals surface area contributed by atoms with Crippen molar-refractivity contribution in [3.05, 3.63) is 0 Å². The molecule has 0 N–H and O–H groups in total. The Balaban J connectivity index is 2.15. The first-order chi connectivity index (χ1) is 9.58. The molecule has 1 atom stereocenters. The van der Waals surface area contributed by atoms with Crippen LogP contribution in [-0.4, -0.2) is 30.7 Å². The second-order valence-electron chi connectivity index (χ2n) is 5.05. The van der Waals surface area contributed by atoms with Gasteiger partial charge >= 0.3 is 18.3 Å². The Hall–Kier alpha value is -0.580. The Kier molecular flexibility index (Phi) is 4.45. The highest BCUT2D eigenvalue weighted by atomic mass is 19.4. The van der Waals surface area contributed by atoms with Gasteiger partial charge in [0.1, 0.15) is 6.61 Å². The van der Waals surface area contributed by atoms with Crippen LogP contribution in [0, 0.1) is 0 Å². The normalized spacial score (nSPS) is 30.6. The van der Waals surface area contributed by atoms with E-state index in [0.29, 0.717) is 12.8 Å². The summed E-state index contributed by atoms with van der Waals surface area (Å²) in [6.45, 7) is -2.16. The van der Waals surface area contributed by atoms with Crippen LogP contribution in [0.4, 0.5) is 26.3 Å². The van der Waals surface area contributed by atoms with Crippen LogP contribution in [0.2, 0.25) is 0 Å². The lowest BCUT2D eigenvalue weighted by molar-refractivity contribution is -0.503. The van der Waals surface area contributed by atoms with Crippen LogP contribution < -0.4 is 0 Å². The number of rotatable bonds is 2. The van der Waals surface area contributed by atoms with Gasteiger partial charge in [0.2, 0.25) is 5.79 Å². The lowest BCUT2D eigenvalue weighted by atomic mass is 10.1. The summed E-state index contributed by atoms with van der Waals surface area (Å²) in [4.78, 5) is 8.71. The van der Waals surface area contributed by atoms with Crippen LogP contribution >= 0.6 is 0 Å². The maximum absolute atomic E-state index is 13.0. The fraction of sp³-hybridized carbons (Fsp3) is 1.00. The van der Waals surface area contributed by atoms with E-state index in [9.17, 15) is 26.3 Å². The first-order valence-electron chi connectivity index (χ1n) is 6.42. The highest BCUT2D eigenvalue weighted by Gasteiger charge is 2.70. The summed E-state index contributed by atoms with van der Waals surface area (Å²) in [5.74, 6) is -5.55. The highest BCUT2D eigenvalue weighted by molar-refractivity contribution is 4.82. The fourth-order valence-electron chi connectivity index (χ4n) is 2.28. The van der Waals surface area contributed by atoms with Crippen molar-refractivity contribution in [1.29, 1.82) is 0 Å². The van der Waals surface area contributed by atoms with Gasteiger partial charge in [0, 0.05) is 12.8 Å². The molecule has 10 heteroatoms. The van der Waals surface area contributed by atoms with Crippen LogP contribution in [0.5, 0.6) is 0 Å². The molecular formula is C11H14F6O4. The van der Waals surface area contributed by atoms with Crippen molar-refractivity contribution in [2.45, 2.75) is 62.6 Å². The van der Waals surface area contributed by atoms with Gasteiger partial charge in [-0.2, -0.15) is 36.1 Å². The molecule has 1 heterocycles. The topological polar surface area (TPSA) is 36.9 Å². The number of alkyl halides is 6. The molecular weight excluding hydrogens is 310 g/mol. The molecule has 0 radical (unpaired) electrons. The highest BCUT2D eigenvalue weighted by Crippen LogP contribution is 2.49. The Labute approximate surface area is 116 Å². The molecule has 124 valence electrons. The van der Waals surface area contributed by atoms with E-state index >= 15 is 0 Å². The van der Waals surface area contributed by atoms with Crippen molar-refractivity contribution in [3.8, 4) is 0 Å². The predicted molar refractivity (Wildman–Crippen MR) is 54.5 cm³/mol. The zero-order valence-corrected chi connectivity index (χ0v) is 10.9. The molecule has 2 fully saturated rings. The molecule has 0 aromatic rings. The van der Waals surface area contributed by atoms with Gasteiger partial charge < -0.3 is 4.74 Å². The molecule has 1 saturated carbocycles. The third kappa shape index (κ3) is 3.79. The molecule has 21 heavy (non-hydrogen) atoms. The molecule has 4 nitrogen and oxygen atoms in total. The van der Waals surface area contributed by atoms with E-state index < -0.39 is 30.7 Å². The van der Waals surface area contributed by atoms with Crippen LogP contribution in [0.25, 0.3) is 0 Å². The van der Waals surface area contributed by atoms with E-state index in [1.54, 1.807) is 0 Å². The van der Waals surface area contributed by atoms with Crippen molar-refractivity contribution in [2.24, 2.45) is 0 Å². The van der Waals surface area contributed by atoms with Crippen molar-refractivity contribution in [1.82, 2.24) is 0 Å². The first-order valence-corrected chi connectivity index (χ1v) is 6.42. The van der Waals surface area contributed by atoms with Crippen molar-refractivity contribution in [2.75, 3.05) is 6.61 Å². The molecule has 2 rings (SSSR count). The molecule has 1 saturated heterocycles. The van der Waals surface area contributed by atoms with Gasteiger partial charge in [-0.05, 0) is 12.8 Å². The van der Waals surface area contributed by atoms with E-state index in [2.05, 4.69) is 14.5 Å². The summed E-state index contributed by atoms with van der Waals surface area (Å²) in [7, 11) is 0. The Morgan fingerprint density at radius 2 is 1.43 bits per heavy atom. The van der Waals surface area contributed by atoms with Gasteiger partial charge in [0.15, 0.2) is 0 Å². The van der Waals surface area contributed by atoms with Crippen molar-refractivity contribution < 1.29 is 45.6 Å². The molecule has 0 bridgehead atoms. The van der Waals surface area contributed by atoms with Crippen LogP contribution in [0.15, 0.2) is 0 Å². The lowest BCUT2D eigenvalue weighted by Gasteiger charge is -2.30. The minimum atomic E-state index is -5.33. The van der Waals surface area contributed by atoms with Gasteiger partial charge in [-0.1, -0.05) is 12.8 Å². The number of hydrogen-bond donors (Lipinski definition) is 0. The Morgan fingerprint density at radius 3 is 1.90 bits per heavy atom. The Morgan fingerprint density at radius 1 is 0.857 bits per heavy atom. The van der Waals surface area contributed by atoms with Crippen molar-refractivity contribution >= 4 is 0 Å². The van der Waals surface area contributed by atoms with E-state index in [1.807, 2.05) is 0 Å². The van der Waals surface area contributed by atoms with Gasteiger partial charge in [-0.15, -0.1) is 0 Å². The zero-order valence-electron chi connectivity index (χ0n) is 10.9. The summed E-state index contributed by atoms with van der Waals surface area (Å²) in [6.07, 6.45) is -7.49. The SMILES string of the molecule is FC(F)(F)COC1(C(F)(F)F)OOC2(CCCCCC2)O1. The van der Waals surface area contributed by atoms with Crippen LogP contribution in [0.3, 0.4) is 0 Å². The monoisotopic (exact) mass is 324 g/mol. The van der Waals surface area contributed by atoms with Crippen molar-refractivity contribution in [3.63, 3.8) is 0 Å². The minimum Gasteiger partial charge on any atom is -0.309 e. The van der Waals surface area contributed by atoms with Crippen LogP contribution in [0.1, 0.15) is 38.5 Å². The smallest absolute Gasteiger partial charge is 0.309 e. The first kappa shape index (κ1) is 16.8. The number of hydrogen-bond acceptors (Lipinski definition) is 4. The third-order valence-electron chi connectivity index (χ3n) is 3.26. The standard InChI is InChI=1S/C11H14F6O4/c12-9(13,14)7-18-11(10(15,16)17)19-8(20-21-11)5-3-1-2-4-6-8/h1-7H2. The van der Waals surface area contributed by atoms with Gasteiger partial charge in [0.25, 0.3) is 0 Å². The average molecular weight is 324 g/mol. The molecule has 1 unspecified atom stereocenters. The molecule has 1 aliphatic carbocycles. The molecule has 1 spiro atoms. The second kappa shape index (κ2) is 5.56. The summed E-state index contributed by atoms with van der Waals surface area (Å²) in [5, 5.41) is 0. The van der Waals surface area contributed by atoms with E-state index in [1.165, 1.54) is 0 Å².